The highest BCUT2D eigenvalue weighted by atomic mass is 16.4. The minimum Gasteiger partial charge on any atom is -0.480 e. The molecule has 0 aromatic carbocycles. The molecule has 0 saturated heterocycles. The molecule has 8 nitrogen and oxygen atoms in total. The third-order valence-electron chi connectivity index (χ3n) is 4.32. The largest absolute Gasteiger partial charge is 0.480 e. The SMILES string of the molecule is CC(=O)NCCNC(=O)CCC(=O)NC1(C(=O)O)CCC(C)CC1. The summed E-state index contributed by atoms with van der Waals surface area (Å²) in [5, 5.41) is 17.2. The normalized spacial score (nSPS) is 23.2. The number of carbonyl (C=O) groups is 4. The van der Waals surface area contributed by atoms with E-state index in [1.54, 1.807) is 0 Å². The van der Waals surface area contributed by atoms with E-state index in [2.05, 4.69) is 22.9 Å². The topological polar surface area (TPSA) is 125 Å². The van der Waals surface area contributed by atoms with Gasteiger partial charge in [0.25, 0.3) is 0 Å². The molecule has 0 unspecified atom stereocenters. The highest BCUT2D eigenvalue weighted by molar-refractivity contribution is 5.89. The summed E-state index contributed by atoms with van der Waals surface area (Å²) in [7, 11) is 0. The van der Waals surface area contributed by atoms with Crippen LogP contribution in [0.15, 0.2) is 0 Å². The van der Waals surface area contributed by atoms with Gasteiger partial charge in [0.2, 0.25) is 17.7 Å². The van der Waals surface area contributed by atoms with Crippen molar-refractivity contribution in [3.63, 3.8) is 0 Å². The second-order valence-electron chi connectivity index (χ2n) is 6.45. The maximum atomic E-state index is 12.0. The van der Waals surface area contributed by atoms with Gasteiger partial charge < -0.3 is 21.1 Å². The van der Waals surface area contributed by atoms with Crippen molar-refractivity contribution in [1.29, 1.82) is 0 Å². The Labute approximate surface area is 141 Å². The fourth-order valence-electron chi connectivity index (χ4n) is 2.73. The monoisotopic (exact) mass is 341 g/mol. The first-order valence-electron chi connectivity index (χ1n) is 8.31. The molecule has 8 heteroatoms. The van der Waals surface area contributed by atoms with Gasteiger partial charge in [-0.25, -0.2) is 4.79 Å². The van der Waals surface area contributed by atoms with E-state index in [4.69, 9.17) is 0 Å². The van der Waals surface area contributed by atoms with Crippen molar-refractivity contribution in [2.24, 2.45) is 5.92 Å². The summed E-state index contributed by atoms with van der Waals surface area (Å²) in [4.78, 5) is 45.9. The molecular formula is C16H27N3O5. The lowest BCUT2D eigenvalue weighted by molar-refractivity contribution is -0.149. The van der Waals surface area contributed by atoms with E-state index in [9.17, 15) is 24.3 Å². The number of amides is 3. The fraction of sp³-hybridized carbons (Fsp3) is 0.750. The first-order chi connectivity index (χ1) is 11.2. The number of carbonyl (C=O) groups excluding carboxylic acids is 3. The van der Waals surface area contributed by atoms with Gasteiger partial charge in [-0.3, -0.25) is 14.4 Å². The van der Waals surface area contributed by atoms with Crippen molar-refractivity contribution in [1.82, 2.24) is 16.0 Å². The molecule has 24 heavy (non-hydrogen) atoms. The standard InChI is InChI=1S/C16H27N3O5/c1-11-5-7-16(8-6-11,15(23)24)19-14(22)4-3-13(21)18-10-9-17-12(2)20/h11H,3-10H2,1-2H3,(H,17,20)(H,18,21)(H,19,22)(H,23,24). The highest BCUT2D eigenvalue weighted by Crippen LogP contribution is 2.32. The molecule has 0 aromatic heterocycles. The molecule has 0 heterocycles. The van der Waals surface area contributed by atoms with Crippen LogP contribution in [0.5, 0.6) is 0 Å². The summed E-state index contributed by atoms with van der Waals surface area (Å²) in [6.07, 6.45) is 2.28. The molecule has 0 aliphatic heterocycles. The zero-order chi connectivity index (χ0) is 18.2. The van der Waals surface area contributed by atoms with Gasteiger partial charge >= 0.3 is 5.97 Å². The Kier molecular flexibility index (Phi) is 7.67. The molecule has 1 rings (SSSR count). The van der Waals surface area contributed by atoms with E-state index in [1.165, 1.54) is 6.92 Å². The van der Waals surface area contributed by atoms with Crippen LogP contribution in [0.2, 0.25) is 0 Å². The molecule has 1 aliphatic carbocycles. The lowest BCUT2D eigenvalue weighted by Crippen LogP contribution is -2.56. The van der Waals surface area contributed by atoms with Crippen molar-refractivity contribution >= 4 is 23.7 Å². The molecule has 0 atom stereocenters. The van der Waals surface area contributed by atoms with Crippen molar-refractivity contribution in [3.8, 4) is 0 Å². The Morgan fingerprint density at radius 3 is 2.08 bits per heavy atom. The van der Waals surface area contributed by atoms with Crippen molar-refractivity contribution in [2.75, 3.05) is 13.1 Å². The van der Waals surface area contributed by atoms with Gasteiger partial charge in [-0.1, -0.05) is 6.92 Å². The summed E-state index contributed by atoms with van der Waals surface area (Å²) in [6, 6.07) is 0. The van der Waals surface area contributed by atoms with Gasteiger partial charge in [0, 0.05) is 32.9 Å². The second kappa shape index (κ2) is 9.24. The molecule has 136 valence electrons. The lowest BCUT2D eigenvalue weighted by atomic mass is 9.77. The minimum atomic E-state index is -1.20. The predicted molar refractivity (Wildman–Crippen MR) is 87.1 cm³/mol. The average Bonchev–Trinajstić information content (AvgIpc) is 2.51. The highest BCUT2D eigenvalue weighted by Gasteiger charge is 2.42. The van der Waals surface area contributed by atoms with Gasteiger partial charge in [0.1, 0.15) is 5.54 Å². The van der Waals surface area contributed by atoms with Crippen LogP contribution in [-0.4, -0.2) is 47.4 Å². The molecule has 3 amide bonds. The van der Waals surface area contributed by atoms with Crippen LogP contribution in [0.25, 0.3) is 0 Å². The van der Waals surface area contributed by atoms with E-state index in [0.29, 0.717) is 25.3 Å². The van der Waals surface area contributed by atoms with E-state index < -0.39 is 17.4 Å². The van der Waals surface area contributed by atoms with Crippen molar-refractivity contribution in [3.05, 3.63) is 0 Å². The molecule has 1 aliphatic rings. The second-order valence-corrected chi connectivity index (χ2v) is 6.45. The van der Waals surface area contributed by atoms with Gasteiger partial charge in [0.05, 0.1) is 0 Å². The molecular weight excluding hydrogens is 314 g/mol. The van der Waals surface area contributed by atoms with Gasteiger partial charge in [-0.2, -0.15) is 0 Å². The third kappa shape index (κ3) is 6.55. The maximum Gasteiger partial charge on any atom is 0.329 e. The summed E-state index contributed by atoms with van der Waals surface area (Å²) in [6.45, 7) is 4.07. The first kappa shape index (κ1) is 19.9. The summed E-state index contributed by atoms with van der Waals surface area (Å²) in [5.74, 6) is -1.46. The molecule has 0 spiro atoms. The van der Waals surface area contributed by atoms with Crippen LogP contribution in [0.4, 0.5) is 0 Å². The quantitative estimate of drug-likeness (QED) is 0.468. The van der Waals surface area contributed by atoms with E-state index in [1.807, 2.05) is 0 Å². The zero-order valence-corrected chi connectivity index (χ0v) is 14.3. The Hall–Kier alpha value is -2.12. The summed E-state index contributed by atoms with van der Waals surface area (Å²) in [5.41, 5.74) is -1.20. The lowest BCUT2D eigenvalue weighted by Gasteiger charge is -2.36. The number of hydrogen-bond acceptors (Lipinski definition) is 4. The Bertz CT molecular complexity index is 484. The summed E-state index contributed by atoms with van der Waals surface area (Å²) < 4.78 is 0. The van der Waals surface area contributed by atoms with Gasteiger partial charge in [-0.15, -0.1) is 0 Å². The van der Waals surface area contributed by atoms with Crippen LogP contribution in [0.3, 0.4) is 0 Å². The number of nitrogens with one attached hydrogen (secondary N) is 3. The minimum absolute atomic E-state index is 0.0159. The van der Waals surface area contributed by atoms with Crippen LogP contribution in [0.1, 0.15) is 52.4 Å². The van der Waals surface area contributed by atoms with E-state index >= 15 is 0 Å². The van der Waals surface area contributed by atoms with Crippen molar-refractivity contribution < 1.29 is 24.3 Å². The smallest absolute Gasteiger partial charge is 0.329 e. The predicted octanol–water partition coefficient (Wildman–Crippen LogP) is 0.169. The van der Waals surface area contributed by atoms with E-state index in [-0.39, 0.29) is 31.2 Å². The molecule has 1 saturated carbocycles. The number of carboxylic acids is 1. The number of aliphatic carboxylic acids is 1. The fourth-order valence-corrected chi connectivity index (χ4v) is 2.73. The molecule has 0 bridgehead atoms. The molecule has 0 radical (unpaired) electrons. The Morgan fingerprint density at radius 2 is 1.54 bits per heavy atom. The number of carboxylic acid groups (broad SMARTS) is 1. The number of rotatable bonds is 8. The molecule has 1 fully saturated rings. The van der Waals surface area contributed by atoms with Crippen LogP contribution < -0.4 is 16.0 Å². The van der Waals surface area contributed by atoms with Gasteiger partial charge in [-0.05, 0) is 31.6 Å². The van der Waals surface area contributed by atoms with E-state index in [0.717, 1.165) is 12.8 Å². The Balaban J connectivity index is 2.35. The third-order valence-corrected chi connectivity index (χ3v) is 4.32. The van der Waals surface area contributed by atoms with Gasteiger partial charge in [0.15, 0.2) is 0 Å². The van der Waals surface area contributed by atoms with Crippen LogP contribution in [-0.2, 0) is 19.2 Å². The van der Waals surface area contributed by atoms with Crippen LogP contribution in [0, 0.1) is 5.92 Å². The zero-order valence-electron chi connectivity index (χ0n) is 14.3. The summed E-state index contributed by atoms with van der Waals surface area (Å²) >= 11 is 0. The average molecular weight is 341 g/mol. The van der Waals surface area contributed by atoms with Crippen LogP contribution >= 0.6 is 0 Å². The van der Waals surface area contributed by atoms with Crippen molar-refractivity contribution in [2.45, 2.75) is 57.9 Å². The molecule has 0 aromatic rings. The Morgan fingerprint density at radius 1 is 1.00 bits per heavy atom. The number of hydrogen-bond donors (Lipinski definition) is 4. The molecule has 4 N–H and O–H groups in total. The first-order valence-corrected chi connectivity index (χ1v) is 8.31. The maximum absolute atomic E-state index is 12.0.